The van der Waals surface area contributed by atoms with Crippen molar-refractivity contribution in [2.24, 2.45) is 0 Å². The number of hydrogen-bond donors (Lipinski definition) is 2. The maximum atomic E-state index is 12.7. The van der Waals surface area contributed by atoms with E-state index in [4.69, 9.17) is 4.74 Å². The van der Waals surface area contributed by atoms with Gasteiger partial charge in [-0.25, -0.2) is 0 Å². The van der Waals surface area contributed by atoms with Crippen LogP contribution in [-0.4, -0.2) is 32.8 Å². The zero-order chi connectivity index (χ0) is 18.1. The Hall–Kier alpha value is -2.83. The smallest absolute Gasteiger partial charge is 0.268 e. The SMILES string of the molecule is COc1ccc2[nH]c(C(=O)NC(C)c3nncn3C3CCCC3)cc2c1. The lowest BCUT2D eigenvalue weighted by molar-refractivity contribution is 0.0933. The number of hydrogen-bond acceptors (Lipinski definition) is 4. The molecule has 2 heterocycles. The summed E-state index contributed by atoms with van der Waals surface area (Å²) in [6, 6.07) is 7.74. The Morgan fingerprint density at radius 1 is 1.35 bits per heavy atom. The van der Waals surface area contributed by atoms with E-state index in [0.29, 0.717) is 11.7 Å². The molecule has 1 aliphatic carbocycles. The molecule has 2 N–H and O–H groups in total. The van der Waals surface area contributed by atoms with Gasteiger partial charge >= 0.3 is 0 Å². The number of H-pyrrole nitrogens is 1. The third-order valence-corrected chi connectivity index (χ3v) is 5.13. The van der Waals surface area contributed by atoms with Crippen molar-refractivity contribution in [1.82, 2.24) is 25.1 Å². The first-order chi connectivity index (χ1) is 12.7. The van der Waals surface area contributed by atoms with Gasteiger partial charge in [-0.2, -0.15) is 0 Å². The van der Waals surface area contributed by atoms with E-state index in [1.54, 1.807) is 13.4 Å². The molecule has 1 saturated carbocycles. The number of rotatable bonds is 5. The summed E-state index contributed by atoms with van der Waals surface area (Å²) < 4.78 is 7.35. The van der Waals surface area contributed by atoms with Crippen molar-refractivity contribution < 1.29 is 9.53 Å². The molecular formula is C19H23N5O2. The van der Waals surface area contributed by atoms with Gasteiger partial charge in [-0.3, -0.25) is 4.79 Å². The van der Waals surface area contributed by atoms with Gasteiger partial charge in [-0.15, -0.1) is 10.2 Å². The normalized spacial score (nSPS) is 16.1. The number of ether oxygens (including phenoxy) is 1. The van der Waals surface area contributed by atoms with Crippen LogP contribution in [0.4, 0.5) is 0 Å². The standard InChI is InChI=1S/C19H23N5O2/c1-12(18-23-20-11-24(18)14-5-3-4-6-14)21-19(25)17-10-13-9-15(26-2)7-8-16(13)22-17/h7-12,14,22H,3-6H2,1-2H3,(H,21,25). The second kappa shape index (κ2) is 6.82. The van der Waals surface area contributed by atoms with Crippen molar-refractivity contribution in [2.75, 3.05) is 7.11 Å². The number of methoxy groups -OCH3 is 1. The van der Waals surface area contributed by atoms with E-state index in [-0.39, 0.29) is 11.9 Å². The maximum Gasteiger partial charge on any atom is 0.268 e. The minimum atomic E-state index is -0.216. The van der Waals surface area contributed by atoms with Gasteiger partial charge < -0.3 is 19.6 Å². The number of carbonyl (C=O) groups is 1. The molecule has 7 heteroatoms. The van der Waals surface area contributed by atoms with E-state index in [0.717, 1.165) is 35.3 Å². The number of nitrogens with one attached hydrogen (secondary N) is 2. The number of amides is 1. The van der Waals surface area contributed by atoms with Crippen LogP contribution in [0.2, 0.25) is 0 Å². The summed E-state index contributed by atoms with van der Waals surface area (Å²) in [5, 5.41) is 12.3. The number of nitrogens with zero attached hydrogens (tertiary/aromatic N) is 3. The Labute approximate surface area is 151 Å². The van der Waals surface area contributed by atoms with Crippen LogP contribution in [-0.2, 0) is 0 Å². The quantitative estimate of drug-likeness (QED) is 0.736. The van der Waals surface area contributed by atoms with E-state index >= 15 is 0 Å². The van der Waals surface area contributed by atoms with Gasteiger partial charge in [0, 0.05) is 16.9 Å². The zero-order valence-electron chi connectivity index (χ0n) is 15.0. The summed E-state index contributed by atoms with van der Waals surface area (Å²) in [7, 11) is 1.63. The highest BCUT2D eigenvalue weighted by Crippen LogP contribution is 2.31. The first-order valence-electron chi connectivity index (χ1n) is 9.02. The molecule has 4 rings (SSSR count). The Bertz CT molecular complexity index is 923. The largest absolute Gasteiger partial charge is 0.497 e. The van der Waals surface area contributed by atoms with Crippen LogP contribution in [0.1, 0.15) is 61.0 Å². The van der Waals surface area contributed by atoms with Crippen molar-refractivity contribution in [2.45, 2.75) is 44.7 Å². The first-order valence-corrected chi connectivity index (χ1v) is 9.02. The highest BCUT2D eigenvalue weighted by molar-refractivity contribution is 5.98. The van der Waals surface area contributed by atoms with E-state index in [1.807, 2.05) is 31.2 Å². The second-order valence-electron chi connectivity index (χ2n) is 6.87. The molecule has 1 amide bonds. The van der Waals surface area contributed by atoms with Crippen molar-refractivity contribution >= 4 is 16.8 Å². The Balaban J connectivity index is 1.52. The Morgan fingerprint density at radius 3 is 2.92 bits per heavy atom. The molecule has 136 valence electrons. The van der Waals surface area contributed by atoms with Crippen molar-refractivity contribution in [3.05, 3.63) is 42.1 Å². The molecule has 0 radical (unpaired) electrons. The van der Waals surface area contributed by atoms with Crippen molar-refractivity contribution in [3.63, 3.8) is 0 Å². The minimum absolute atomic E-state index is 0.159. The number of aromatic nitrogens is 4. The third kappa shape index (κ3) is 3.05. The van der Waals surface area contributed by atoms with Gasteiger partial charge in [0.25, 0.3) is 5.91 Å². The molecule has 1 aromatic carbocycles. The summed E-state index contributed by atoms with van der Waals surface area (Å²) in [6.45, 7) is 1.94. The lowest BCUT2D eigenvalue weighted by Gasteiger charge is -2.18. The van der Waals surface area contributed by atoms with Crippen LogP contribution in [0, 0.1) is 0 Å². The average Bonchev–Trinajstić information content (AvgIpc) is 3.39. The lowest BCUT2D eigenvalue weighted by atomic mass is 10.2. The van der Waals surface area contributed by atoms with E-state index < -0.39 is 0 Å². The van der Waals surface area contributed by atoms with E-state index in [1.165, 1.54) is 12.8 Å². The van der Waals surface area contributed by atoms with Crippen molar-refractivity contribution in [3.8, 4) is 5.75 Å². The molecule has 0 aliphatic heterocycles. The van der Waals surface area contributed by atoms with Gasteiger partial charge in [0.05, 0.1) is 13.2 Å². The van der Waals surface area contributed by atoms with Gasteiger partial charge in [0.2, 0.25) is 0 Å². The Kier molecular flexibility index (Phi) is 4.36. The molecule has 1 unspecified atom stereocenters. The van der Waals surface area contributed by atoms with Crippen molar-refractivity contribution in [1.29, 1.82) is 0 Å². The van der Waals surface area contributed by atoms with Gasteiger partial charge in [-0.05, 0) is 44.0 Å². The Morgan fingerprint density at radius 2 is 2.15 bits per heavy atom. The summed E-state index contributed by atoms with van der Waals surface area (Å²) in [4.78, 5) is 15.8. The lowest BCUT2D eigenvalue weighted by Crippen LogP contribution is -2.29. The highest BCUT2D eigenvalue weighted by atomic mass is 16.5. The summed E-state index contributed by atoms with van der Waals surface area (Å²) >= 11 is 0. The molecule has 0 spiro atoms. The zero-order valence-corrected chi connectivity index (χ0v) is 15.0. The van der Waals surface area contributed by atoms with Crippen LogP contribution < -0.4 is 10.1 Å². The van der Waals surface area contributed by atoms with E-state index in [2.05, 4.69) is 25.1 Å². The fourth-order valence-electron chi connectivity index (χ4n) is 3.72. The van der Waals surface area contributed by atoms with Crippen LogP contribution in [0.15, 0.2) is 30.6 Å². The molecule has 1 atom stereocenters. The fraction of sp³-hybridized carbons (Fsp3) is 0.421. The topological polar surface area (TPSA) is 84.8 Å². The first kappa shape index (κ1) is 16.6. The van der Waals surface area contributed by atoms with E-state index in [9.17, 15) is 4.79 Å². The molecule has 0 bridgehead atoms. The maximum absolute atomic E-state index is 12.7. The molecular weight excluding hydrogens is 330 g/mol. The highest BCUT2D eigenvalue weighted by Gasteiger charge is 2.24. The molecule has 7 nitrogen and oxygen atoms in total. The van der Waals surface area contributed by atoms with Crippen LogP contribution in [0.3, 0.4) is 0 Å². The monoisotopic (exact) mass is 353 g/mol. The molecule has 1 aliphatic rings. The predicted octanol–water partition coefficient (Wildman–Crippen LogP) is 3.37. The van der Waals surface area contributed by atoms with Gasteiger partial charge in [-0.1, -0.05) is 12.8 Å². The average molecular weight is 353 g/mol. The molecule has 3 aromatic rings. The van der Waals surface area contributed by atoms with Gasteiger partial charge in [0.1, 0.15) is 17.8 Å². The molecule has 0 saturated heterocycles. The summed E-state index contributed by atoms with van der Waals surface area (Å²) in [6.07, 6.45) is 6.55. The minimum Gasteiger partial charge on any atom is -0.497 e. The number of aromatic amines is 1. The van der Waals surface area contributed by atoms with Gasteiger partial charge in [0.15, 0.2) is 5.82 Å². The molecule has 1 fully saturated rings. The summed E-state index contributed by atoms with van der Waals surface area (Å²) in [5.41, 5.74) is 1.42. The van der Waals surface area contributed by atoms with Crippen LogP contribution in [0.25, 0.3) is 10.9 Å². The van der Waals surface area contributed by atoms with Crippen LogP contribution in [0.5, 0.6) is 5.75 Å². The predicted molar refractivity (Wildman–Crippen MR) is 98.3 cm³/mol. The number of fused-ring (bicyclic) bond motifs is 1. The second-order valence-corrected chi connectivity index (χ2v) is 6.87. The summed E-state index contributed by atoms with van der Waals surface area (Å²) in [5.74, 6) is 1.41. The number of benzene rings is 1. The number of carbonyl (C=O) groups excluding carboxylic acids is 1. The third-order valence-electron chi connectivity index (χ3n) is 5.13. The van der Waals surface area contributed by atoms with Crippen LogP contribution >= 0.6 is 0 Å². The molecule has 2 aromatic heterocycles. The fourth-order valence-corrected chi connectivity index (χ4v) is 3.72. The molecule has 26 heavy (non-hydrogen) atoms.